The predicted molar refractivity (Wildman–Crippen MR) is 86.8 cm³/mol. The van der Waals surface area contributed by atoms with Gasteiger partial charge in [0.25, 0.3) is 5.56 Å². The summed E-state index contributed by atoms with van der Waals surface area (Å²) in [7, 11) is 1.74. The van der Waals surface area contributed by atoms with Gasteiger partial charge in [-0.25, -0.2) is 0 Å². The zero-order valence-corrected chi connectivity index (χ0v) is 12.7. The molecule has 4 rings (SSSR count). The van der Waals surface area contributed by atoms with Gasteiger partial charge in [-0.2, -0.15) is 0 Å². The number of fused-ring (bicyclic) bond motifs is 3. The maximum Gasteiger partial charge on any atom is 0.258 e. The molecule has 4 nitrogen and oxygen atoms in total. The second-order valence-electron chi connectivity index (χ2n) is 6.77. The minimum Gasteiger partial charge on any atom is -0.325 e. The summed E-state index contributed by atoms with van der Waals surface area (Å²) in [5, 5.41) is 4.54. The van der Waals surface area contributed by atoms with Crippen molar-refractivity contribution in [3.63, 3.8) is 0 Å². The van der Waals surface area contributed by atoms with Gasteiger partial charge in [0.15, 0.2) is 0 Å². The van der Waals surface area contributed by atoms with Crippen LogP contribution in [-0.2, 0) is 11.8 Å². The third-order valence-electron chi connectivity index (χ3n) is 5.45. The third kappa shape index (κ3) is 2.05. The number of carbonyl (C=O) groups is 1. The maximum absolute atomic E-state index is 12.6. The monoisotopic (exact) mass is 296 g/mol. The van der Waals surface area contributed by atoms with Gasteiger partial charge in [-0.1, -0.05) is 12.5 Å². The number of aromatic nitrogens is 1. The Labute approximate surface area is 129 Å². The summed E-state index contributed by atoms with van der Waals surface area (Å²) < 4.78 is 1.56. The SMILES string of the molecule is Cn1ccc2c(NC(=O)C3C[C@@H]4CC[C@H]3C4)cccc2c1=O. The lowest BCUT2D eigenvalue weighted by Crippen LogP contribution is -2.27. The van der Waals surface area contributed by atoms with Crippen LogP contribution in [0.3, 0.4) is 0 Å². The molecule has 0 radical (unpaired) electrons. The Kier molecular flexibility index (Phi) is 3.06. The van der Waals surface area contributed by atoms with Crippen LogP contribution >= 0.6 is 0 Å². The average Bonchev–Trinajstić information content (AvgIpc) is 3.14. The molecule has 4 heteroatoms. The first-order chi connectivity index (χ1) is 10.6. The highest BCUT2D eigenvalue weighted by Crippen LogP contribution is 2.48. The molecule has 0 spiro atoms. The van der Waals surface area contributed by atoms with Crippen LogP contribution < -0.4 is 10.9 Å². The number of nitrogens with one attached hydrogen (secondary N) is 1. The first-order valence-electron chi connectivity index (χ1n) is 8.02. The van der Waals surface area contributed by atoms with Crippen molar-refractivity contribution in [3.05, 3.63) is 40.8 Å². The number of benzene rings is 1. The van der Waals surface area contributed by atoms with Crippen LogP contribution in [0, 0.1) is 17.8 Å². The molecule has 2 saturated carbocycles. The zero-order valence-electron chi connectivity index (χ0n) is 12.7. The molecule has 2 aromatic rings. The Bertz CT molecular complexity index is 808. The van der Waals surface area contributed by atoms with Crippen LogP contribution in [0.4, 0.5) is 5.69 Å². The number of nitrogens with zero attached hydrogens (tertiary/aromatic N) is 1. The highest BCUT2D eigenvalue weighted by atomic mass is 16.2. The Morgan fingerprint density at radius 3 is 2.77 bits per heavy atom. The van der Waals surface area contributed by atoms with Crippen molar-refractivity contribution in [1.82, 2.24) is 4.57 Å². The van der Waals surface area contributed by atoms with Crippen LogP contribution in [0.1, 0.15) is 25.7 Å². The molecule has 1 N–H and O–H groups in total. The number of hydrogen-bond donors (Lipinski definition) is 1. The molecule has 3 atom stereocenters. The van der Waals surface area contributed by atoms with Crippen LogP contribution in [0.15, 0.2) is 35.3 Å². The molecule has 1 aromatic carbocycles. The van der Waals surface area contributed by atoms with E-state index in [9.17, 15) is 9.59 Å². The number of rotatable bonds is 2. The van der Waals surface area contributed by atoms with Gasteiger partial charge in [0.05, 0.1) is 0 Å². The minimum absolute atomic E-state index is 0.0338. The van der Waals surface area contributed by atoms with E-state index in [1.807, 2.05) is 24.3 Å². The third-order valence-corrected chi connectivity index (χ3v) is 5.45. The molecule has 2 aliphatic rings. The Balaban J connectivity index is 1.66. The molecule has 2 aliphatic carbocycles. The Morgan fingerprint density at radius 1 is 1.18 bits per heavy atom. The molecule has 1 unspecified atom stereocenters. The first kappa shape index (κ1) is 13.6. The highest BCUT2D eigenvalue weighted by molar-refractivity contribution is 6.02. The van der Waals surface area contributed by atoms with Gasteiger partial charge in [0.2, 0.25) is 5.91 Å². The van der Waals surface area contributed by atoms with Gasteiger partial charge in [-0.05, 0) is 49.3 Å². The van der Waals surface area contributed by atoms with Crippen LogP contribution in [0.5, 0.6) is 0 Å². The Hall–Kier alpha value is -2.10. The number of aryl methyl sites for hydroxylation is 1. The average molecular weight is 296 g/mol. The molecule has 0 saturated heterocycles. The van der Waals surface area contributed by atoms with Crippen molar-refractivity contribution in [2.24, 2.45) is 24.8 Å². The fourth-order valence-electron chi connectivity index (χ4n) is 4.28. The van der Waals surface area contributed by atoms with E-state index in [0.717, 1.165) is 23.4 Å². The summed E-state index contributed by atoms with van der Waals surface area (Å²) in [6.07, 6.45) is 6.48. The van der Waals surface area contributed by atoms with Crippen molar-refractivity contribution in [2.75, 3.05) is 5.32 Å². The molecule has 2 bridgehead atoms. The molecule has 1 aromatic heterocycles. The van der Waals surface area contributed by atoms with E-state index in [1.165, 1.54) is 19.3 Å². The molecule has 0 aliphatic heterocycles. The predicted octanol–water partition coefficient (Wildman–Crippen LogP) is 2.91. The lowest BCUT2D eigenvalue weighted by Gasteiger charge is -2.21. The lowest BCUT2D eigenvalue weighted by molar-refractivity contribution is -0.121. The van der Waals surface area contributed by atoms with E-state index < -0.39 is 0 Å². The number of carbonyl (C=O) groups excluding carboxylic acids is 1. The number of hydrogen-bond acceptors (Lipinski definition) is 2. The standard InChI is InChI=1S/C18H20N2O2/c1-20-8-7-13-14(18(20)22)3-2-4-16(13)19-17(21)15-10-11-5-6-12(15)9-11/h2-4,7-8,11-12,15H,5-6,9-10H2,1H3,(H,19,21)/t11-,12+,15?/m1/s1. The van der Waals surface area contributed by atoms with Gasteiger partial charge in [0.1, 0.15) is 0 Å². The van der Waals surface area contributed by atoms with Crippen molar-refractivity contribution in [2.45, 2.75) is 25.7 Å². The summed E-state index contributed by atoms with van der Waals surface area (Å²) in [5.41, 5.74) is 0.719. The second-order valence-corrected chi connectivity index (χ2v) is 6.77. The van der Waals surface area contributed by atoms with E-state index in [0.29, 0.717) is 11.3 Å². The van der Waals surface area contributed by atoms with Crippen LogP contribution in [0.25, 0.3) is 10.8 Å². The van der Waals surface area contributed by atoms with Crippen LogP contribution in [0.2, 0.25) is 0 Å². The Morgan fingerprint density at radius 2 is 2.05 bits per heavy atom. The van der Waals surface area contributed by atoms with Gasteiger partial charge < -0.3 is 9.88 Å². The minimum atomic E-state index is -0.0338. The molecule has 1 amide bonds. The molecule has 1 heterocycles. The summed E-state index contributed by atoms with van der Waals surface area (Å²) in [6, 6.07) is 7.42. The lowest BCUT2D eigenvalue weighted by atomic mass is 9.88. The normalized spacial score (nSPS) is 26.5. The smallest absolute Gasteiger partial charge is 0.258 e. The van der Waals surface area contributed by atoms with Gasteiger partial charge in [-0.3, -0.25) is 9.59 Å². The van der Waals surface area contributed by atoms with Crippen molar-refractivity contribution in [3.8, 4) is 0 Å². The quantitative estimate of drug-likeness (QED) is 0.926. The van der Waals surface area contributed by atoms with E-state index in [1.54, 1.807) is 17.8 Å². The zero-order chi connectivity index (χ0) is 15.3. The fraction of sp³-hybridized carbons (Fsp3) is 0.444. The fourth-order valence-corrected chi connectivity index (χ4v) is 4.28. The van der Waals surface area contributed by atoms with Gasteiger partial charge in [0, 0.05) is 35.6 Å². The highest BCUT2D eigenvalue weighted by Gasteiger charge is 2.43. The second kappa shape index (κ2) is 4.97. The van der Waals surface area contributed by atoms with E-state index in [-0.39, 0.29) is 17.4 Å². The number of pyridine rings is 1. The molecular weight excluding hydrogens is 276 g/mol. The van der Waals surface area contributed by atoms with E-state index >= 15 is 0 Å². The van der Waals surface area contributed by atoms with Crippen molar-refractivity contribution < 1.29 is 4.79 Å². The van der Waals surface area contributed by atoms with Crippen LogP contribution in [-0.4, -0.2) is 10.5 Å². The molecule has 114 valence electrons. The summed E-state index contributed by atoms with van der Waals surface area (Å²) in [4.78, 5) is 24.8. The summed E-state index contributed by atoms with van der Waals surface area (Å²) >= 11 is 0. The maximum atomic E-state index is 12.6. The summed E-state index contributed by atoms with van der Waals surface area (Å²) in [5.74, 6) is 1.59. The largest absolute Gasteiger partial charge is 0.325 e. The number of amides is 1. The van der Waals surface area contributed by atoms with Crippen molar-refractivity contribution >= 4 is 22.4 Å². The first-order valence-corrected chi connectivity index (χ1v) is 8.02. The van der Waals surface area contributed by atoms with Gasteiger partial charge in [-0.15, -0.1) is 0 Å². The van der Waals surface area contributed by atoms with Gasteiger partial charge >= 0.3 is 0 Å². The molecule has 2 fully saturated rings. The molecule has 22 heavy (non-hydrogen) atoms. The van der Waals surface area contributed by atoms with Crippen molar-refractivity contribution in [1.29, 1.82) is 0 Å². The van der Waals surface area contributed by atoms with E-state index in [4.69, 9.17) is 0 Å². The number of anilines is 1. The van der Waals surface area contributed by atoms with E-state index in [2.05, 4.69) is 5.32 Å². The molecular formula is C18H20N2O2. The summed E-state index contributed by atoms with van der Waals surface area (Å²) in [6.45, 7) is 0. The topological polar surface area (TPSA) is 51.1 Å².